The van der Waals surface area contributed by atoms with Crippen molar-refractivity contribution in [1.29, 1.82) is 0 Å². The lowest BCUT2D eigenvalue weighted by atomic mass is 9.89. The molecule has 1 atom stereocenters. The number of hydrogen-bond donors (Lipinski definition) is 3. The van der Waals surface area contributed by atoms with Crippen molar-refractivity contribution in [3.63, 3.8) is 0 Å². The van der Waals surface area contributed by atoms with Crippen molar-refractivity contribution in [2.24, 2.45) is 5.92 Å². The Balaban J connectivity index is 1.46. The summed E-state index contributed by atoms with van der Waals surface area (Å²) in [5.41, 5.74) is 1.66. The first-order chi connectivity index (χ1) is 15.1. The summed E-state index contributed by atoms with van der Waals surface area (Å²) in [6, 6.07) is 11.2. The van der Waals surface area contributed by atoms with E-state index < -0.39 is 14.8 Å². The normalized spacial score (nSPS) is 15.4. The molecule has 2 aromatic carbocycles. The second-order valence-corrected chi connectivity index (χ2v) is 9.59. The van der Waals surface area contributed by atoms with Crippen LogP contribution in [0.2, 0.25) is 0 Å². The molecule has 0 spiro atoms. The van der Waals surface area contributed by atoms with Gasteiger partial charge in [-0.05, 0) is 36.6 Å². The van der Waals surface area contributed by atoms with Crippen molar-refractivity contribution in [1.82, 2.24) is 5.32 Å². The van der Waals surface area contributed by atoms with Crippen LogP contribution in [0, 0.1) is 16.0 Å². The van der Waals surface area contributed by atoms with Gasteiger partial charge in [0.1, 0.15) is 5.69 Å². The smallest absolute Gasteiger partial charge is 0.293 e. The van der Waals surface area contributed by atoms with Crippen LogP contribution < -0.4 is 16.0 Å². The van der Waals surface area contributed by atoms with Gasteiger partial charge in [-0.3, -0.25) is 19.7 Å². The van der Waals surface area contributed by atoms with Crippen LogP contribution >= 0.6 is 0 Å². The van der Waals surface area contributed by atoms with Gasteiger partial charge in [0.25, 0.3) is 5.69 Å². The molecule has 3 rings (SSSR count). The van der Waals surface area contributed by atoms with Gasteiger partial charge < -0.3 is 16.0 Å². The summed E-state index contributed by atoms with van der Waals surface area (Å²) >= 11 is 0. The van der Waals surface area contributed by atoms with Crippen LogP contribution in [0.15, 0.2) is 47.4 Å². The van der Waals surface area contributed by atoms with Gasteiger partial charge in [-0.25, -0.2) is 8.42 Å². The third kappa shape index (κ3) is 5.82. The molecule has 3 N–H and O–H groups in total. The highest BCUT2D eigenvalue weighted by molar-refractivity contribution is 7.90. The molecule has 0 aromatic heterocycles. The molecule has 1 unspecified atom stereocenters. The molecule has 0 saturated heterocycles. The number of sulfone groups is 1. The van der Waals surface area contributed by atoms with Gasteiger partial charge >= 0.3 is 0 Å². The molecule has 32 heavy (non-hydrogen) atoms. The number of nitro benzene ring substituents is 1. The Labute approximate surface area is 185 Å². The molecule has 2 amide bonds. The second-order valence-electron chi connectivity index (χ2n) is 7.57. The molecule has 0 fully saturated rings. The van der Waals surface area contributed by atoms with Crippen LogP contribution in [0.4, 0.5) is 17.1 Å². The summed E-state index contributed by atoms with van der Waals surface area (Å²) in [5, 5.41) is 19.7. The zero-order valence-electron chi connectivity index (χ0n) is 17.5. The van der Waals surface area contributed by atoms with Gasteiger partial charge in [0.2, 0.25) is 11.8 Å². The maximum absolute atomic E-state index is 12.2. The van der Waals surface area contributed by atoms with Gasteiger partial charge in [-0.15, -0.1) is 0 Å². The lowest BCUT2D eigenvalue weighted by molar-refractivity contribution is -0.384. The standard InChI is InChI=1S/C21H24N4O6S/c1-32(30,31)16-7-8-18(19(13-16)25(28)29)22-10-11-23-20(26)9-6-15-12-14-4-2-3-5-17(14)24-21(15)27/h2-5,7-8,13,15,22H,6,9-12H2,1H3,(H,23,26)(H,24,27). The largest absolute Gasteiger partial charge is 0.378 e. The SMILES string of the molecule is CS(=O)(=O)c1ccc(NCCNC(=O)CCC2Cc3ccccc3NC2=O)c([N+](=O)[O-])c1. The minimum absolute atomic E-state index is 0.0944. The highest BCUT2D eigenvalue weighted by Gasteiger charge is 2.26. The number of nitro groups is 1. The lowest BCUT2D eigenvalue weighted by Gasteiger charge is -2.24. The van der Waals surface area contributed by atoms with Crippen molar-refractivity contribution >= 4 is 38.7 Å². The average Bonchev–Trinajstić information content (AvgIpc) is 2.74. The van der Waals surface area contributed by atoms with Crippen molar-refractivity contribution in [2.45, 2.75) is 24.2 Å². The summed E-state index contributed by atoms with van der Waals surface area (Å²) in [4.78, 5) is 34.8. The van der Waals surface area contributed by atoms with Crippen molar-refractivity contribution < 1.29 is 22.9 Å². The lowest BCUT2D eigenvalue weighted by Crippen LogP contribution is -2.33. The van der Waals surface area contributed by atoms with E-state index in [1.165, 1.54) is 12.1 Å². The Morgan fingerprint density at radius 3 is 2.69 bits per heavy atom. The third-order valence-electron chi connectivity index (χ3n) is 5.19. The average molecular weight is 461 g/mol. The highest BCUT2D eigenvalue weighted by atomic mass is 32.2. The van der Waals surface area contributed by atoms with E-state index in [1.807, 2.05) is 24.3 Å². The zero-order chi connectivity index (χ0) is 23.3. The number of hydrogen-bond acceptors (Lipinski definition) is 7. The number of nitrogens with zero attached hydrogens (tertiary/aromatic N) is 1. The molecule has 11 heteroatoms. The number of fused-ring (bicyclic) bond motifs is 1. The summed E-state index contributed by atoms with van der Waals surface area (Å²) in [6.45, 7) is 0.422. The predicted molar refractivity (Wildman–Crippen MR) is 119 cm³/mol. The van der Waals surface area contributed by atoms with E-state index in [4.69, 9.17) is 0 Å². The molecule has 1 aliphatic rings. The van der Waals surface area contributed by atoms with E-state index in [9.17, 15) is 28.1 Å². The predicted octanol–water partition coefficient (Wildman–Crippen LogP) is 2.12. The molecular weight excluding hydrogens is 436 g/mol. The summed E-state index contributed by atoms with van der Waals surface area (Å²) < 4.78 is 23.2. The van der Waals surface area contributed by atoms with Crippen LogP contribution in [0.1, 0.15) is 18.4 Å². The first-order valence-corrected chi connectivity index (χ1v) is 11.9. The fourth-order valence-electron chi connectivity index (χ4n) is 3.48. The quantitative estimate of drug-likeness (QED) is 0.295. The molecule has 0 saturated carbocycles. The van der Waals surface area contributed by atoms with Gasteiger partial charge in [0.05, 0.1) is 9.82 Å². The zero-order valence-corrected chi connectivity index (χ0v) is 18.3. The van der Waals surface area contributed by atoms with Crippen molar-refractivity contribution in [2.75, 3.05) is 30.0 Å². The molecule has 1 aliphatic heterocycles. The number of amides is 2. The number of carbonyl (C=O) groups excluding carboxylic acids is 2. The molecule has 1 heterocycles. The number of nitrogens with one attached hydrogen (secondary N) is 3. The van der Waals surface area contributed by atoms with Crippen LogP contribution in [-0.2, 0) is 25.8 Å². The number of para-hydroxylation sites is 1. The van der Waals surface area contributed by atoms with Gasteiger partial charge in [0, 0.05) is 43.4 Å². The van der Waals surface area contributed by atoms with E-state index in [2.05, 4.69) is 16.0 Å². The number of benzene rings is 2. The van der Waals surface area contributed by atoms with Gasteiger partial charge in [0.15, 0.2) is 9.84 Å². The van der Waals surface area contributed by atoms with Crippen molar-refractivity contribution in [3.8, 4) is 0 Å². The maximum atomic E-state index is 12.2. The Morgan fingerprint density at radius 1 is 1.22 bits per heavy atom. The summed E-state index contributed by atoms with van der Waals surface area (Å²) in [7, 11) is -3.57. The highest BCUT2D eigenvalue weighted by Crippen LogP contribution is 2.28. The van der Waals surface area contributed by atoms with Crippen molar-refractivity contribution in [3.05, 3.63) is 58.1 Å². The first-order valence-electron chi connectivity index (χ1n) is 10.0. The fourth-order valence-corrected chi connectivity index (χ4v) is 4.12. The molecule has 10 nitrogen and oxygen atoms in total. The molecule has 170 valence electrons. The Morgan fingerprint density at radius 2 is 1.97 bits per heavy atom. The van der Waals surface area contributed by atoms with Gasteiger partial charge in [-0.2, -0.15) is 0 Å². The number of carbonyl (C=O) groups is 2. The Kier molecular flexibility index (Phi) is 7.08. The van der Waals surface area contributed by atoms with Crippen LogP contribution in [0.5, 0.6) is 0 Å². The van der Waals surface area contributed by atoms with E-state index in [-0.39, 0.29) is 53.5 Å². The maximum Gasteiger partial charge on any atom is 0.293 e. The molecule has 0 radical (unpaired) electrons. The van der Waals surface area contributed by atoms with E-state index >= 15 is 0 Å². The minimum atomic E-state index is -3.57. The van der Waals surface area contributed by atoms with Gasteiger partial charge in [-0.1, -0.05) is 18.2 Å². The fraction of sp³-hybridized carbons (Fsp3) is 0.333. The number of rotatable bonds is 9. The first kappa shape index (κ1) is 23.2. The molecular formula is C21H24N4O6S. The Hall–Kier alpha value is -3.47. The topological polar surface area (TPSA) is 148 Å². The van der Waals surface area contributed by atoms with E-state index in [0.717, 1.165) is 23.6 Å². The van der Waals surface area contributed by atoms with E-state index in [0.29, 0.717) is 12.8 Å². The van der Waals surface area contributed by atoms with Crippen LogP contribution in [0.3, 0.4) is 0 Å². The Bertz CT molecular complexity index is 1150. The molecule has 0 aliphatic carbocycles. The van der Waals surface area contributed by atoms with Crippen LogP contribution in [0.25, 0.3) is 0 Å². The summed E-state index contributed by atoms with van der Waals surface area (Å²) in [5.74, 6) is -0.590. The van der Waals surface area contributed by atoms with E-state index in [1.54, 1.807) is 0 Å². The minimum Gasteiger partial charge on any atom is -0.378 e. The summed E-state index contributed by atoms with van der Waals surface area (Å²) in [6.07, 6.45) is 2.16. The molecule has 0 bridgehead atoms. The molecule has 2 aromatic rings. The third-order valence-corrected chi connectivity index (χ3v) is 6.30. The number of anilines is 2. The monoisotopic (exact) mass is 460 g/mol. The second kappa shape index (κ2) is 9.77. The van der Waals surface area contributed by atoms with Crippen LogP contribution in [-0.4, -0.2) is 44.5 Å².